The van der Waals surface area contributed by atoms with Crippen LogP contribution in [0.4, 0.5) is 5.69 Å². The molecule has 8 heteroatoms. The molecule has 0 aliphatic rings. The molecule has 2 aromatic heterocycles. The topological polar surface area (TPSA) is 69.0 Å². The van der Waals surface area contributed by atoms with Crippen molar-refractivity contribution >= 4 is 34.7 Å². The van der Waals surface area contributed by atoms with Crippen LogP contribution in [0.5, 0.6) is 5.75 Å². The van der Waals surface area contributed by atoms with Gasteiger partial charge < -0.3 is 10.1 Å². The summed E-state index contributed by atoms with van der Waals surface area (Å²) in [5, 5.41) is 14.3. The van der Waals surface area contributed by atoms with Gasteiger partial charge in [0.15, 0.2) is 11.0 Å². The number of amides is 1. The predicted molar refractivity (Wildman–Crippen MR) is 136 cm³/mol. The third kappa shape index (κ3) is 4.82. The minimum Gasteiger partial charge on any atom is -0.495 e. The van der Waals surface area contributed by atoms with Crippen LogP contribution in [0.1, 0.15) is 23.6 Å². The molecule has 1 atom stereocenters. The number of carbonyl (C=O) groups is 1. The van der Waals surface area contributed by atoms with Crippen molar-refractivity contribution in [2.75, 3.05) is 12.4 Å². The van der Waals surface area contributed by atoms with Crippen molar-refractivity contribution < 1.29 is 9.53 Å². The third-order valence-electron chi connectivity index (χ3n) is 5.28. The molecule has 1 N–H and O–H groups in total. The number of aryl methyl sites for hydroxylation is 3. The molecule has 0 radical (unpaired) electrons. The fourth-order valence-electron chi connectivity index (χ4n) is 3.76. The minimum atomic E-state index is -0.390. The Balaban J connectivity index is 1.66. The van der Waals surface area contributed by atoms with Gasteiger partial charge in [0.1, 0.15) is 5.75 Å². The molecule has 33 heavy (non-hydrogen) atoms. The highest BCUT2D eigenvalue weighted by Gasteiger charge is 2.24. The molecule has 0 saturated carbocycles. The molecular formula is C25H26N4O2S2. The summed E-state index contributed by atoms with van der Waals surface area (Å²) in [6.07, 6.45) is 0. The van der Waals surface area contributed by atoms with Crippen LogP contribution in [0.3, 0.4) is 0 Å². The number of hydrogen-bond acceptors (Lipinski definition) is 6. The zero-order chi connectivity index (χ0) is 23.5. The van der Waals surface area contributed by atoms with E-state index in [-0.39, 0.29) is 11.2 Å². The Bertz CT molecular complexity index is 1260. The Morgan fingerprint density at radius 1 is 1.09 bits per heavy atom. The maximum absolute atomic E-state index is 13.1. The zero-order valence-corrected chi connectivity index (χ0v) is 20.9. The largest absolute Gasteiger partial charge is 0.495 e. The van der Waals surface area contributed by atoms with Crippen LogP contribution in [0.2, 0.25) is 0 Å². The molecule has 4 rings (SSSR count). The van der Waals surface area contributed by atoms with E-state index in [2.05, 4.69) is 34.6 Å². The van der Waals surface area contributed by atoms with Crippen LogP contribution >= 0.6 is 23.1 Å². The van der Waals surface area contributed by atoms with Crippen molar-refractivity contribution in [2.45, 2.75) is 38.1 Å². The number of carbonyl (C=O) groups excluding carboxylic acids is 1. The first kappa shape index (κ1) is 23.1. The van der Waals surface area contributed by atoms with Crippen LogP contribution in [-0.2, 0) is 4.79 Å². The number of methoxy groups -OCH3 is 1. The van der Waals surface area contributed by atoms with E-state index in [0.29, 0.717) is 10.9 Å². The Kier molecular flexibility index (Phi) is 6.85. The summed E-state index contributed by atoms with van der Waals surface area (Å²) in [4.78, 5) is 14.1. The molecule has 4 aromatic rings. The third-order valence-corrected chi connectivity index (χ3v) is 7.19. The van der Waals surface area contributed by atoms with E-state index in [0.717, 1.165) is 33.2 Å². The Morgan fingerprint density at radius 3 is 2.48 bits per heavy atom. The summed E-state index contributed by atoms with van der Waals surface area (Å²) < 4.78 is 7.56. The molecule has 0 fully saturated rings. The van der Waals surface area contributed by atoms with Gasteiger partial charge in [-0.25, -0.2) is 0 Å². The summed E-state index contributed by atoms with van der Waals surface area (Å²) >= 11 is 2.96. The van der Waals surface area contributed by atoms with Crippen molar-refractivity contribution in [3.8, 4) is 22.1 Å². The summed E-state index contributed by atoms with van der Waals surface area (Å²) in [6, 6.07) is 15.9. The maximum atomic E-state index is 13.1. The van der Waals surface area contributed by atoms with Crippen molar-refractivity contribution in [1.29, 1.82) is 0 Å². The molecule has 2 heterocycles. The van der Waals surface area contributed by atoms with Gasteiger partial charge in [-0.15, -0.1) is 21.5 Å². The van der Waals surface area contributed by atoms with Crippen LogP contribution in [0, 0.1) is 20.8 Å². The van der Waals surface area contributed by atoms with E-state index in [1.807, 2.05) is 67.1 Å². The van der Waals surface area contributed by atoms with Gasteiger partial charge in [0.05, 0.1) is 22.9 Å². The number of anilines is 1. The van der Waals surface area contributed by atoms with Crippen LogP contribution < -0.4 is 10.1 Å². The van der Waals surface area contributed by atoms with Gasteiger partial charge in [-0.3, -0.25) is 9.36 Å². The molecule has 1 unspecified atom stereocenters. The second-order valence-electron chi connectivity index (χ2n) is 7.81. The number of nitrogens with one attached hydrogen (secondary N) is 1. The molecule has 6 nitrogen and oxygen atoms in total. The van der Waals surface area contributed by atoms with E-state index < -0.39 is 0 Å². The van der Waals surface area contributed by atoms with E-state index in [1.165, 1.54) is 17.3 Å². The number of thiophene rings is 1. The maximum Gasteiger partial charge on any atom is 0.237 e. The summed E-state index contributed by atoms with van der Waals surface area (Å²) in [5.74, 6) is 1.34. The monoisotopic (exact) mass is 478 g/mol. The first-order valence-electron chi connectivity index (χ1n) is 10.6. The number of ether oxygens (including phenoxy) is 1. The summed E-state index contributed by atoms with van der Waals surface area (Å²) in [7, 11) is 1.64. The number of rotatable bonds is 7. The number of aromatic nitrogens is 3. The standard InChI is InChI=1S/C25H26N4O2S2/c1-15-13-16(2)22(17(3)14-15)26-24(30)18(4)33-25-28-27-23(21-11-8-12-32-21)29(25)19-9-6-7-10-20(19)31-5/h6-14,18H,1-5H3,(H,26,30). The Hall–Kier alpha value is -3.10. The Morgan fingerprint density at radius 2 is 1.82 bits per heavy atom. The van der Waals surface area contributed by atoms with Crippen molar-refractivity contribution in [3.05, 3.63) is 70.6 Å². The second-order valence-corrected chi connectivity index (χ2v) is 10.1. The first-order chi connectivity index (χ1) is 15.9. The Labute approximate surface area is 202 Å². The molecule has 2 aromatic carbocycles. The summed E-state index contributed by atoms with van der Waals surface area (Å²) in [5.41, 5.74) is 4.97. The van der Waals surface area contributed by atoms with Gasteiger partial charge in [-0.05, 0) is 62.4 Å². The van der Waals surface area contributed by atoms with Crippen molar-refractivity contribution in [3.63, 3.8) is 0 Å². The predicted octanol–water partition coefficient (Wildman–Crippen LogP) is 6.05. The fraction of sp³-hybridized carbons (Fsp3) is 0.240. The van der Waals surface area contributed by atoms with Gasteiger partial charge in [-0.2, -0.15) is 0 Å². The second kappa shape index (κ2) is 9.80. The average Bonchev–Trinajstić information content (AvgIpc) is 3.46. The van der Waals surface area contributed by atoms with Gasteiger partial charge in [0, 0.05) is 5.69 Å². The first-order valence-corrected chi connectivity index (χ1v) is 12.3. The van der Waals surface area contributed by atoms with Gasteiger partial charge in [0.2, 0.25) is 5.91 Å². The van der Waals surface area contributed by atoms with Crippen molar-refractivity contribution in [1.82, 2.24) is 14.8 Å². The van der Waals surface area contributed by atoms with Gasteiger partial charge in [-0.1, -0.05) is 47.7 Å². The number of hydrogen-bond donors (Lipinski definition) is 1. The molecule has 0 aliphatic heterocycles. The molecule has 0 bridgehead atoms. The number of thioether (sulfide) groups is 1. The molecular weight excluding hydrogens is 452 g/mol. The molecule has 0 spiro atoms. The normalized spacial score (nSPS) is 11.9. The van der Waals surface area contributed by atoms with Crippen LogP contribution in [0.15, 0.2) is 59.1 Å². The SMILES string of the molecule is COc1ccccc1-n1c(SC(C)C(=O)Nc2c(C)cc(C)cc2C)nnc1-c1cccs1. The molecule has 0 aliphatic carbocycles. The quantitative estimate of drug-likeness (QED) is 0.328. The highest BCUT2D eigenvalue weighted by atomic mass is 32.2. The molecule has 170 valence electrons. The molecule has 0 saturated heterocycles. The van der Waals surface area contributed by atoms with E-state index >= 15 is 0 Å². The lowest BCUT2D eigenvalue weighted by atomic mass is 10.1. The van der Waals surface area contributed by atoms with E-state index in [9.17, 15) is 4.79 Å². The summed E-state index contributed by atoms with van der Waals surface area (Å²) in [6.45, 7) is 7.96. The number of benzene rings is 2. The van der Waals surface area contributed by atoms with E-state index in [4.69, 9.17) is 4.74 Å². The van der Waals surface area contributed by atoms with Crippen molar-refractivity contribution in [2.24, 2.45) is 0 Å². The highest BCUT2D eigenvalue weighted by molar-refractivity contribution is 8.00. The number of para-hydroxylation sites is 2. The van der Waals surface area contributed by atoms with Gasteiger partial charge >= 0.3 is 0 Å². The lowest BCUT2D eigenvalue weighted by Crippen LogP contribution is -2.24. The minimum absolute atomic E-state index is 0.0812. The molecule has 1 amide bonds. The fourth-order valence-corrected chi connectivity index (χ4v) is 5.32. The van der Waals surface area contributed by atoms with Crippen LogP contribution in [0.25, 0.3) is 16.4 Å². The lowest BCUT2D eigenvalue weighted by molar-refractivity contribution is -0.115. The smallest absolute Gasteiger partial charge is 0.237 e. The zero-order valence-electron chi connectivity index (χ0n) is 19.2. The number of nitrogens with zero attached hydrogens (tertiary/aromatic N) is 3. The highest BCUT2D eigenvalue weighted by Crippen LogP contribution is 2.35. The lowest BCUT2D eigenvalue weighted by Gasteiger charge is -2.17. The van der Waals surface area contributed by atoms with E-state index in [1.54, 1.807) is 18.4 Å². The average molecular weight is 479 g/mol. The van der Waals surface area contributed by atoms with Crippen LogP contribution in [-0.4, -0.2) is 33.0 Å². The van der Waals surface area contributed by atoms with Gasteiger partial charge in [0.25, 0.3) is 0 Å².